The molecule has 17 heavy (non-hydrogen) atoms. The number of hydrogen-bond acceptors (Lipinski definition) is 2. The standard InChI is InChI=1S/C14H22ClNO/c1-9(2)10(3)14(17)13(8-16)11-5-4-6-12(15)7-11/h4-7,9-10,13-14,17H,8,16H2,1-3H3. The number of nitrogens with two attached hydrogens (primary N) is 1. The van der Waals surface area contributed by atoms with Gasteiger partial charge in [0, 0.05) is 17.5 Å². The summed E-state index contributed by atoms with van der Waals surface area (Å²) in [6.45, 7) is 6.71. The highest BCUT2D eigenvalue weighted by molar-refractivity contribution is 6.30. The lowest BCUT2D eigenvalue weighted by Gasteiger charge is -2.29. The van der Waals surface area contributed by atoms with E-state index in [1.165, 1.54) is 0 Å². The van der Waals surface area contributed by atoms with Crippen LogP contribution in [0.25, 0.3) is 0 Å². The molecule has 0 bridgehead atoms. The SMILES string of the molecule is CC(C)C(C)C(O)C(CN)c1cccc(Cl)c1. The first kappa shape index (κ1) is 14.5. The van der Waals surface area contributed by atoms with Gasteiger partial charge in [0.15, 0.2) is 0 Å². The summed E-state index contributed by atoms with van der Waals surface area (Å²) < 4.78 is 0. The minimum atomic E-state index is -0.432. The lowest BCUT2D eigenvalue weighted by atomic mass is 9.81. The molecule has 0 saturated heterocycles. The van der Waals surface area contributed by atoms with Crippen molar-refractivity contribution in [1.29, 1.82) is 0 Å². The van der Waals surface area contributed by atoms with E-state index < -0.39 is 6.10 Å². The fraction of sp³-hybridized carbons (Fsp3) is 0.571. The number of aliphatic hydroxyl groups excluding tert-OH is 1. The summed E-state index contributed by atoms with van der Waals surface area (Å²) in [5, 5.41) is 11.1. The van der Waals surface area contributed by atoms with Gasteiger partial charge in [0.1, 0.15) is 0 Å². The largest absolute Gasteiger partial charge is 0.392 e. The summed E-state index contributed by atoms with van der Waals surface area (Å²) in [5.41, 5.74) is 6.80. The molecule has 0 aliphatic heterocycles. The molecule has 1 aromatic rings. The van der Waals surface area contributed by atoms with E-state index in [-0.39, 0.29) is 11.8 Å². The minimum absolute atomic E-state index is 0.0499. The smallest absolute Gasteiger partial charge is 0.0648 e. The quantitative estimate of drug-likeness (QED) is 0.850. The summed E-state index contributed by atoms with van der Waals surface area (Å²) in [4.78, 5) is 0. The van der Waals surface area contributed by atoms with Gasteiger partial charge in [0.25, 0.3) is 0 Å². The average Bonchev–Trinajstić information content (AvgIpc) is 2.28. The maximum atomic E-state index is 10.4. The summed E-state index contributed by atoms with van der Waals surface area (Å²) in [7, 11) is 0. The maximum absolute atomic E-state index is 10.4. The second-order valence-corrected chi connectivity index (χ2v) is 5.43. The lowest BCUT2D eigenvalue weighted by molar-refractivity contribution is 0.0684. The zero-order valence-electron chi connectivity index (χ0n) is 10.7. The molecule has 0 heterocycles. The number of rotatable bonds is 5. The first-order valence-corrected chi connectivity index (χ1v) is 6.48. The van der Waals surface area contributed by atoms with Crippen molar-refractivity contribution in [3.63, 3.8) is 0 Å². The van der Waals surface area contributed by atoms with Gasteiger partial charge in [-0.15, -0.1) is 0 Å². The molecule has 3 unspecified atom stereocenters. The van der Waals surface area contributed by atoms with Crippen LogP contribution in [0.1, 0.15) is 32.3 Å². The summed E-state index contributed by atoms with van der Waals surface area (Å²) >= 11 is 5.97. The Labute approximate surface area is 109 Å². The molecule has 1 aromatic carbocycles. The van der Waals surface area contributed by atoms with Crippen molar-refractivity contribution < 1.29 is 5.11 Å². The van der Waals surface area contributed by atoms with Crippen molar-refractivity contribution in [3.05, 3.63) is 34.9 Å². The van der Waals surface area contributed by atoms with Crippen molar-refractivity contribution in [2.45, 2.75) is 32.8 Å². The fourth-order valence-corrected chi connectivity index (χ4v) is 2.17. The Kier molecular flexibility index (Phi) is 5.44. The number of aliphatic hydroxyl groups is 1. The molecule has 3 heteroatoms. The fourth-order valence-electron chi connectivity index (χ4n) is 1.97. The van der Waals surface area contributed by atoms with E-state index in [1.54, 1.807) is 0 Å². The predicted molar refractivity (Wildman–Crippen MR) is 73.3 cm³/mol. The van der Waals surface area contributed by atoms with Crippen LogP contribution in [0, 0.1) is 11.8 Å². The summed E-state index contributed by atoms with van der Waals surface area (Å²) in [6, 6.07) is 7.58. The molecular formula is C14H22ClNO. The highest BCUT2D eigenvalue weighted by Crippen LogP contribution is 2.28. The maximum Gasteiger partial charge on any atom is 0.0648 e. The first-order chi connectivity index (χ1) is 7.97. The molecule has 0 radical (unpaired) electrons. The molecule has 0 amide bonds. The monoisotopic (exact) mass is 255 g/mol. The highest BCUT2D eigenvalue weighted by Gasteiger charge is 2.27. The predicted octanol–water partition coefficient (Wildman–Crippen LogP) is 3.04. The van der Waals surface area contributed by atoms with E-state index in [0.717, 1.165) is 5.56 Å². The van der Waals surface area contributed by atoms with Crippen molar-refractivity contribution in [3.8, 4) is 0 Å². The topological polar surface area (TPSA) is 46.2 Å². The molecule has 3 N–H and O–H groups in total. The molecule has 96 valence electrons. The number of hydrogen-bond donors (Lipinski definition) is 2. The molecule has 0 aliphatic rings. The second kappa shape index (κ2) is 6.39. The van der Waals surface area contributed by atoms with Crippen molar-refractivity contribution in [1.82, 2.24) is 0 Å². The van der Waals surface area contributed by atoms with Crippen molar-refractivity contribution in [2.75, 3.05) is 6.54 Å². The van der Waals surface area contributed by atoms with Gasteiger partial charge in [-0.1, -0.05) is 44.5 Å². The van der Waals surface area contributed by atoms with Gasteiger partial charge < -0.3 is 10.8 Å². The highest BCUT2D eigenvalue weighted by atomic mass is 35.5. The van der Waals surface area contributed by atoms with Crippen LogP contribution in [0.3, 0.4) is 0 Å². The normalized spacial score (nSPS) is 16.9. The average molecular weight is 256 g/mol. The Morgan fingerprint density at radius 2 is 1.94 bits per heavy atom. The van der Waals surface area contributed by atoms with Gasteiger partial charge in [0.05, 0.1) is 6.10 Å². The van der Waals surface area contributed by atoms with E-state index in [0.29, 0.717) is 17.5 Å². The zero-order valence-corrected chi connectivity index (χ0v) is 11.5. The Morgan fingerprint density at radius 1 is 1.29 bits per heavy atom. The van der Waals surface area contributed by atoms with Gasteiger partial charge in [-0.2, -0.15) is 0 Å². The van der Waals surface area contributed by atoms with Crippen LogP contribution < -0.4 is 5.73 Å². The summed E-state index contributed by atoms with van der Waals surface area (Å²) in [6.07, 6.45) is -0.432. The van der Waals surface area contributed by atoms with Crippen LogP contribution >= 0.6 is 11.6 Å². The molecular weight excluding hydrogens is 234 g/mol. The number of benzene rings is 1. The third-order valence-corrected chi connectivity index (χ3v) is 3.77. The lowest BCUT2D eigenvalue weighted by Crippen LogP contribution is -2.33. The molecule has 0 fully saturated rings. The van der Waals surface area contributed by atoms with E-state index >= 15 is 0 Å². The molecule has 1 rings (SSSR count). The summed E-state index contributed by atoms with van der Waals surface area (Å²) in [5.74, 6) is 0.590. The van der Waals surface area contributed by atoms with Crippen LogP contribution in [0.4, 0.5) is 0 Å². The molecule has 0 spiro atoms. The van der Waals surface area contributed by atoms with E-state index in [2.05, 4.69) is 20.8 Å². The Morgan fingerprint density at radius 3 is 2.41 bits per heavy atom. The van der Waals surface area contributed by atoms with E-state index in [1.807, 2.05) is 24.3 Å². The van der Waals surface area contributed by atoms with E-state index in [4.69, 9.17) is 17.3 Å². The van der Waals surface area contributed by atoms with Crippen LogP contribution in [0.15, 0.2) is 24.3 Å². The van der Waals surface area contributed by atoms with Crippen LogP contribution in [0.5, 0.6) is 0 Å². The van der Waals surface area contributed by atoms with Gasteiger partial charge in [-0.05, 0) is 29.5 Å². The van der Waals surface area contributed by atoms with Gasteiger partial charge in [-0.3, -0.25) is 0 Å². The number of halogens is 1. The molecule has 0 saturated carbocycles. The molecule has 0 aliphatic carbocycles. The second-order valence-electron chi connectivity index (χ2n) is 4.99. The third-order valence-electron chi connectivity index (χ3n) is 3.53. The first-order valence-electron chi connectivity index (χ1n) is 6.11. The van der Waals surface area contributed by atoms with Gasteiger partial charge >= 0.3 is 0 Å². The van der Waals surface area contributed by atoms with Crippen LogP contribution in [-0.4, -0.2) is 17.8 Å². The minimum Gasteiger partial charge on any atom is -0.392 e. The van der Waals surface area contributed by atoms with Crippen molar-refractivity contribution >= 4 is 11.6 Å². The Bertz CT molecular complexity index is 354. The Balaban J connectivity index is 2.91. The van der Waals surface area contributed by atoms with Crippen LogP contribution in [0.2, 0.25) is 5.02 Å². The van der Waals surface area contributed by atoms with Crippen molar-refractivity contribution in [2.24, 2.45) is 17.6 Å². The van der Waals surface area contributed by atoms with Gasteiger partial charge in [0.2, 0.25) is 0 Å². The zero-order chi connectivity index (χ0) is 13.0. The van der Waals surface area contributed by atoms with E-state index in [9.17, 15) is 5.11 Å². The third kappa shape index (κ3) is 3.70. The Hall–Kier alpha value is -0.570. The molecule has 0 aromatic heterocycles. The van der Waals surface area contributed by atoms with Gasteiger partial charge in [-0.25, -0.2) is 0 Å². The van der Waals surface area contributed by atoms with Crippen LogP contribution in [-0.2, 0) is 0 Å². The molecule has 2 nitrogen and oxygen atoms in total. The molecule has 3 atom stereocenters.